The number of carbonyl (C=O) groups is 1. The maximum Gasteiger partial charge on any atom is 0.319 e. The second-order valence-electron chi connectivity index (χ2n) is 4.64. The molecule has 5 heteroatoms. The number of anilines is 1. The van der Waals surface area contributed by atoms with Gasteiger partial charge >= 0.3 is 6.03 Å². The first kappa shape index (κ1) is 15.4. The molecule has 0 unspecified atom stereocenters. The average molecular weight is 295 g/mol. The maximum absolute atomic E-state index is 11.8. The zero-order valence-corrected chi connectivity index (χ0v) is 12.3. The van der Waals surface area contributed by atoms with E-state index in [0.717, 1.165) is 11.3 Å². The first-order valence-corrected chi connectivity index (χ1v) is 6.90. The van der Waals surface area contributed by atoms with E-state index in [1.807, 2.05) is 30.3 Å². The maximum atomic E-state index is 11.8. The zero-order valence-electron chi connectivity index (χ0n) is 12.3. The molecule has 2 aromatic carbocycles. The normalized spacial score (nSPS) is 9.64. The highest BCUT2D eigenvalue weighted by molar-refractivity contribution is 5.90. The van der Waals surface area contributed by atoms with E-state index in [9.17, 15) is 4.79 Å². The van der Waals surface area contributed by atoms with E-state index < -0.39 is 0 Å². The van der Waals surface area contributed by atoms with Gasteiger partial charge in [0.1, 0.15) is 11.8 Å². The molecular formula is C17H17N3O2. The molecule has 2 amide bonds. The lowest BCUT2D eigenvalue weighted by Crippen LogP contribution is -2.30. The third-order valence-electron chi connectivity index (χ3n) is 3.13. The van der Waals surface area contributed by atoms with Crippen molar-refractivity contribution in [3.63, 3.8) is 0 Å². The lowest BCUT2D eigenvalue weighted by Gasteiger charge is -2.09. The largest absolute Gasteiger partial charge is 0.497 e. The molecule has 0 spiro atoms. The number of hydrogen-bond acceptors (Lipinski definition) is 3. The van der Waals surface area contributed by atoms with Crippen LogP contribution >= 0.6 is 0 Å². The molecule has 5 nitrogen and oxygen atoms in total. The van der Waals surface area contributed by atoms with Crippen molar-refractivity contribution < 1.29 is 9.53 Å². The Hall–Kier alpha value is -3.00. The molecule has 0 radical (unpaired) electrons. The second-order valence-corrected chi connectivity index (χ2v) is 4.64. The minimum Gasteiger partial charge on any atom is -0.497 e. The third-order valence-corrected chi connectivity index (χ3v) is 3.13. The summed E-state index contributed by atoms with van der Waals surface area (Å²) in [6, 6.07) is 16.3. The Balaban J connectivity index is 1.84. The van der Waals surface area contributed by atoms with Crippen LogP contribution in [0.1, 0.15) is 11.1 Å². The summed E-state index contributed by atoms with van der Waals surface area (Å²) in [6.07, 6.45) is 0.699. The number of amides is 2. The van der Waals surface area contributed by atoms with Crippen LogP contribution in [0.15, 0.2) is 48.5 Å². The van der Waals surface area contributed by atoms with Gasteiger partial charge in [-0.1, -0.05) is 24.3 Å². The number of methoxy groups -OCH3 is 1. The lowest BCUT2D eigenvalue weighted by molar-refractivity contribution is 0.252. The summed E-state index contributed by atoms with van der Waals surface area (Å²) >= 11 is 0. The van der Waals surface area contributed by atoms with E-state index in [1.165, 1.54) is 0 Å². The van der Waals surface area contributed by atoms with Crippen molar-refractivity contribution in [3.8, 4) is 11.8 Å². The Morgan fingerprint density at radius 1 is 1.23 bits per heavy atom. The molecule has 0 fully saturated rings. The third kappa shape index (κ3) is 4.25. The topological polar surface area (TPSA) is 74.2 Å². The zero-order chi connectivity index (χ0) is 15.8. The van der Waals surface area contributed by atoms with Gasteiger partial charge in [-0.25, -0.2) is 4.79 Å². The summed E-state index contributed by atoms with van der Waals surface area (Å²) in [5.41, 5.74) is 2.02. The summed E-state index contributed by atoms with van der Waals surface area (Å²) < 4.78 is 5.16. The summed E-state index contributed by atoms with van der Waals surface area (Å²) in [4.78, 5) is 11.8. The van der Waals surface area contributed by atoms with Gasteiger partial charge in [-0.3, -0.25) is 0 Å². The van der Waals surface area contributed by atoms with Gasteiger partial charge in [-0.05, 0) is 36.2 Å². The van der Waals surface area contributed by atoms with Crippen LogP contribution in [0.2, 0.25) is 0 Å². The Kier molecular flexibility index (Phi) is 5.38. The number of nitriles is 1. The van der Waals surface area contributed by atoms with Crippen molar-refractivity contribution in [2.45, 2.75) is 6.42 Å². The first-order valence-electron chi connectivity index (χ1n) is 6.90. The van der Waals surface area contributed by atoms with Crippen molar-refractivity contribution >= 4 is 11.7 Å². The van der Waals surface area contributed by atoms with Gasteiger partial charge in [-0.2, -0.15) is 5.26 Å². The Morgan fingerprint density at radius 2 is 2.05 bits per heavy atom. The van der Waals surface area contributed by atoms with E-state index in [2.05, 4.69) is 10.6 Å². The minimum atomic E-state index is -0.328. The fraction of sp³-hybridized carbons (Fsp3) is 0.176. The van der Waals surface area contributed by atoms with Gasteiger partial charge in [0, 0.05) is 6.54 Å². The summed E-state index contributed by atoms with van der Waals surface area (Å²) in [5, 5.41) is 14.4. The number of nitrogens with zero attached hydrogens (tertiary/aromatic N) is 1. The standard InChI is InChI=1S/C17H17N3O2/c1-22-15-7-4-5-13(11-15)9-10-19-17(21)20-16-8-3-2-6-14(16)12-18/h2-8,11H,9-10H2,1H3,(H2,19,20,21). The van der Waals surface area contributed by atoms with Crippen molar-refractivity contribution in [2.75, 3.05) is 19.0 Å². The van der Waals surface area contributed by atoms with Crippen LogP contribution in [0.3, 0.4) is 0 Å². The quantitative estimate of drug-likeness (QED) is 0.890. The molecule has 2 rings (SSSR count). The number of hydrogen-bond donors (Lipinski definition) is 2. The highest BCUT2D eigenvalue weighted by Crippen LogP contribution is 2.14. The van der Waals surface area contributed by atoms with Gasteiger partial charge in [-0.15, -0.1) is 0 Å². The molecule has 0 bridgehead atoms. The Labute approximate surface area is 129 Å². The highest BCUT2D eigenvalue weighted by Gasteiger charge is 2.05. The van der Waals surface area contributed by atoms with Crippen molar-refractivity contribution in [1.29, 1.82) is 5.26 Å². The molecule has 0 atom stereocenters. The molecule has 0 aromatic heterocycles. The van der Waals surface area contributed by atoms with Crippen molar-refractivity contribution in [2.24, 2.45) is 0 Å². The van der Waals surface area contributed by atoms with Crippen LogP contribution in [0.4, 0.5) is 10.5 Å². The monoisotopic (exact) mass is 295 g/mol. The molecule has 2 N–H and O–H groups in total. The van der Waals surface area contributed by atoms with Crippen molar-refractivity contribution in [1.82, 2.24) is 5.32 Å². The Morgan fingerprint density at radius 3 is 2.82 bits per heavy atom. The molecular weight excluding hydrogens is 278 g/mol. The van der Waals surface area contributed by atoms with E-state index in [0.29, 0.717) is 24.2 Å². The van der Waals surface area contributed by atoms with E-state index >= 15 is 0 Å². The van der Waals surface area contributed by atoms with Crippen LogP contribution in [-0.2, 0) is 6.42 Å². The summed E-state index contributed by atoms with van der Waals surface area (Å²) in [6.45, 7) is 0.494. The molecule has 112 valence electrons. The predicted molar refractivity (Wildman–Crippen MR) is 84.9 cm³/mol. The number of benzene rings is 2. The molecule has 0 aliphatic rings. The number of nitrogens with one attached hydrogen (secondary N) is 2. The predicted octanol–water partition coefficient (Wildman–Crippen LogP) is 2.93. The van der Waals surface area contributed by atoms with Gasteiger partial charge in [0.15, 0.2) is 0 Å². The lowest BCUT2D eigenvalue weighted by atomic mass is 10.1. The van der Waals surface area contributed by atoms with E-state index in [4.69, 9.17) is 10.00 Å². The van der Waals surface area contributed by atoms with Crippen LogP contribution in [0, 0.1) is 11.3 Å². The molecule has 0 heterocycles. The van der Waals surface area contributed by atoms with Gasteiger partial charge in [0.05, 0.1) is 18.4 Å². The number of rotatable bonds is 5. The number of ether oxygens (including phenoxy) is 1. The van der Waals surface area contributed by atoms with Crippen LogP contribution in [0.5, 0.6) is 5.75 Å². The minimum absolute atomic E-state index is 0.328. The molecule has 0 aliphatic carbocycles. The molecule has 0 saturated carbocycles. The number of para-hydroxylation sites is 1. The van der Waals surface area contributed by atoms with E-state index in [1.54, 1.807) is 31.4 Å². The van der Waals surface area contributed by atoms with Crippen LogP contribution < -0.4 is 15.4 Å². The number of carbonyl (C=O) groups excluding carboxylic acids is 1. The second kappa shape index (κ2) is 7.70. The molecule has 0 saturated heterocycles. The van der Waals surface area contributed by atoms with Gasteiger partial charge in [0.2, 0.25) is 0 Å². The Bertz CT molecular complexity index is 692. The smallest absolute Gasteiger partial charge is 0.319 e. The molecule has 0 aliphatic heterocycles. The molecule has 22 heavy (non-hydrogen) atoms. The van der Waals surface area contributed by atoms with Gasteiger partial charge < -0.3 is 15.4 Å². The van der Waals surface area contributed by atoms with Gasteiger partial charge in [0.25, 0.3) is 0 Å². The highest BCUT2D eigenvalue weighted by atomic mass is 16.5. The summed E-state index contributed by atoms with van der Waals surface area (Å²) in [5.74, 6) is 0.796. The van der Waals surface area contributed by atoms with E-state index in [-0.39, 0.29) is 6.03 Å². The van der Waals surface area contributed by atoms with Crippen LogP contribution in [-0.4, -0.2) is 19.7 Å². The fourth-order valence-corrected chi connectivity index (χ4v) is 2.00. The number of urea groups is 1. The first-order chi connectivity index (χ1) is 10.7. The molecule has 2 aromatic rings. The van der Waals surface area contributed by atoms with Crippen molar-refractivity contribution in [3.05, 3.63) is 59.7 Å². The average Bonchev–Trinajstić information content (AvgIpc) is 2.55. The summed E-state index contributed by atoms with van der Waals surface area (Å²) in [7, 11) is 1.62. The SMILES string of the molecule is COc1cccc(CCNC(=O)Nc2ccccc2C#N)c1. The van der Waals surface area contributed by atoms with Crippen LogP contribution in [0.25, 0.3) is 0 Å². The fourth-order valence-electron chi connectivity index (χ4n) is 2.00.